The Morgan fingerprint density at radius 2 is 2.14 bits per heavy atom. The molecule has 0 saturated heterocycles. The van der Waals surface area contributed by atoms with Crippen LogP contribution in [0.5, 0.6) is 0 Å². The van der Waals surface area contributed by atoms with Crippen LogP contribution in [0.25, 0.3) is 0 Å². The summed E-state index contributed by atoms with van der Waals surface area (Å²) in [5.74, 6) is 0. The highest BCUT2D eigenvalue weighted by Gasteiger charge is 2.30. The monoisotopic (exact) mass is 412 g/mol. The van der Waals surface area contributed by atoms with Crippen LogP contribution in [0.1, 0.15) is 30.6 Å². The van der Waals surface area contributed by atoms with Gasteiger partial charge in [0.25, 0.3) is 0 Å². The van der Waals surface area contributed by atoms with Crippen molar-refractivity contribution in [3.05, 3.63) is 14.7 Å². The Balaban J connectivity index is 2.17. The molecule has 8 heteroatoms. The lowest BCUT2D eigenvalue weighted by Crippen LogP contribution is -2.43. The van der Waals surface area contributed by atoms with Gasteiger partial charge in [-0.2, -0.15) is 11.8 Å². The maximum atomic E-state index is 12.6. The van der Waals surface area contributed by atoms with Gasteiger partial charge in [-0.15, -0.1) is 11.3 Å². The Morgan fingerprint density at radius 1 is 1.43 bits per heavy atom. The van der Waals surface area contributed by atoms with Crippen molar-refractivity contribution in [3.63, 3.8) is 0 Å². The first kappa shape index (κ1) is 17.7. The minimum Gasteiger partial charge on any atom is -0.315 e. The molecule has 21 heavy (non-hydrogen) atoms. The lowest BCUT2D eigenvalue weighted by Gasteiger charge is -2.30. The zero-order chi connectivity index (χ0) is 15.5. The lowest BCUT2D eigenvalue weighted by molar-refractivity contribution is 0.423. The van der Waals surface area contributed by atoms with Gasteiger partial charge in [0.15, 0.2) is 0 Å². The van der Waals surface area contributed by atoms with Gasteiger partial charge < -0.3 is 5.32 Å². The van der Waals surface area contributed by atoms with Crippen LogP contribution in [0.15, 0.2) is 14.7 Å². The van der Waals surface area contributed by atoms with Crippen molar-refractivity contribution in [1.82, 2.24) is 10.0 Å². The average Bonchev–Trinajstić information content (AvgIpc) is 2.81. The molecule has 0 bridgehead atoms. The minimum atomic E-state index is -3.46. The van der Waals surface area contributed by atoms with Crippen LogP contribution in [0.3, 0.4) is 0 Å². The second-order valence-corrected chi connectivity index (χ2v) is 10.4. The van der Waals surface area contributed by atoms with E-state index in [2.05, 4.69) is 32.2 Å². The van der Waals surface area contributed by atoms with Gasteiger partial charge in [0.1, 0.15) is 4.90 Å². The summed E-state index contributed by atoms with van der Waals surface area (Å²) in [6.07, 6.45) is 6.36. The predicted octanol–water partition coefficient (Wildman–Crippen LogP) is 3.18. The summed E-state index contributed by atoms with van der Waals surface area (Å²) in [6.45, 7) is 0.676. The number of hydrogen-bond acceptors (Lipinski definition) is 5. The zero-order valence-electron chi connectivity index (χ0n) is 12.2. The predicted molar refractivity (Wildman–Crippen MR) is 94.7 cm³/mol. The van der Waals surface area contributed by atoms with Crippen molar-refractivity contribution in [1.29, 1.82) is 0 Å². The van der Waals surface area contributed by atoms with Gasteiger partial charge >= 0.3 is 0 Å². The Hall–Kier alpha value is 0.400. The van der Waals surface area contributed by atoms with Gasteiger partial charge in [-0.05, 0) is 48.1 Å². The average molecular weight is 413 g/mol. The van der Waals surface area contributed by atoms with E-state index in [-0.39, 0.29) is 6.04 Å². The van der Waals surface area contributed by atoms with Gasteiger partial charge in [-0.25, -0.2) is 13.1 Å². The van der Waals surface area contributed by atoms with Crippen molar-refractivity contribution in [2.75, 3.05) is 13.3 Å². The Kier molecular flexibility index (Phi) is 6.58. The smallest absolute Gasteiger partial charge is 0.242 e. The maximum Gasteiger partial charge on any atom is 0.242 e. The molecule has 120 valence electrons. The summed E-state index contributed by atoms with van der Waals surface area (Å²) in [6, 6.07) is 1.79. The molecule has 2 atom stereocenters. The molecule has 1 fully saturated rings. The Morgan fingerprint density at radius 3 is 2.81 bits per heavy atom. The largest absolute Gasteiger partial charge is 0.315 e. The maximum absolute atomic E-state index is 12.6. The van der Waals surface area contributed by atoms with E-state index in [9.17, 15) is 8.42 Å². The number of thiophene rings is 1. The zero-order valence-corrected chi connectivity index (χ0v) is 16.2. The Bertz CT molecular complexity index is 574. The molecule has 2 rings (SSSR count). The van der Waals surface area contributed by atoms with E-state index in [1.807, 2.05) is 7.05 Å². The van der Waals surface area contributed by atoms with Gasteiger partial charge in [0.2, 0.25) is 10.0 Å². The molecule has 2 N–H and O–H groups in total. The fourth-order valence-electron chi connectivity index (χ4n) is 2.62. The third-order valence-corrected chi connectivity index (χ3v) is 8.57. The topological polar surface area (TPSA) is 58.2 Å². The third-order valence-electron chi connectivity index (χ3n) is 3.66. The molecule has 1 heterocycles. The summed E-state index contributed by atoms with van der Waals surface area (Å²) in [4.78, 5) is 1.37. The molecule has 1 aliphatic rings. The van der Waals surface area contributed by atoms with Crippen molar-refractivity contribution < 1.29 is 8.42 Å². The highest BCUT2D eigenvalue weighted by molar-refractivity contribution is 9.11. The van der Waals surface area contributed by atoms with Crippen molar-refractivity contribution in [2.24, 2.45) is 0 Å². The Labute approximate surface area is 143 Å². The van der Waals surface area contributed by atoms with Gasteiger partial charge in [0, 0.05) is 22.7 Å². The van der Waals surface area contributed by atoms with Crippen LogP contribution in [0.2, 0.25) is 0 Å². The number of hydrogen-bond donors (Lipinski definition) is 2. The first-order valence-corrected chi connectivity index (χ1v) is 11.3. The van der Waals surface area contributed by atoms with Crippen molar-refractivity contribution >= 4 is 49.1 Å². The van der Waals surface area contributed by atoms with E-state index in [1.54, 1.807) is 17.8 Å². The SMILES string of the molecule is CNCc1cc(S(=O)(=O)NC2CCCCC2SC)c(Br)s1. The van der Waals surface area contributed by atoms with Crippen LogP contribution in [0, 0.1) is 0 Å². The quantitative estimate of drug-likeness (QED) is 0.752. The van der Waals surface area contributed by atoms with E-state index in [0.29, 0.717) is 20.5 Å². The van der Waals surface area contributed by atoms with Gasteiger partial charge in [-0.3, -0.25) is 0 Å². The molecule has 1 aromatic heterocycles. The molecular formula is C13H21BrN2O2S3. The fraction of sp³-hybridized carbons (Fsp3) is 0.692. The van der Waals surface area contributed by atoms with E-state index in [0.717, 1.165) is 24.1 Å². The van der Waals surface area contributed by atoms with Crippen LogP contribution < -0.4 is 10.0 Å². The molecule has 1 aromatic rings. The second-order valence-electron chi connectivity index (χ2n) is 5.17. The van der Waals surface area contributed by atoms with Crippen LogP contribution in [-0.4, -0.2) is 33.0 Å². The first-order valence-electron chi connectivity index (χ1n) is 6.96. The standard InChI is InChI=1S/C13H21BrN2O2S3/c1-15-8-9-7-12(13(14)20-9)21(17,18)16-10-5-3-4-6-11(10)19-2/h7,10-11,15-16H,3-6,8H2,1-2H3. The summed E-state index contributed by atoms with van der Waals surface area (Å²) in [5, 5.41) is 3.42. The minimum absolute atomic E-state index is 0.0401. The summed E-state index contributed by atoms with van der Waals surface area (Å²) >= 11 is 6.61. The van der Waals surface area contributed by atoms with Gasteiger partial charge in [-0.1, -0.05) is 12.8 Å². The molecule has 0 radical (unpaired) electrons. The lowest BCUT2D eigenvalue weighted by atomic mass is 9.96. The summed E-state index contributed by atoms with van der Waals surface area (Å²) < 4.78 is 28.9. The first-order chi connectivity index (χ1) is 9.97. The van der Waals surface area contributed by atoms with Crippen molar-refractivity contribution in [3.8, 4) is 0 Å². The molecule has 1 saturated carbocycles. The van der Waals surface area contributed by atoms with E-state index < -0.39 is 10.0 Å². The van der Waals surface area contributed by atoms with Crippen molar-refractivity contribution in [2.45, 2.75) is 48.4 Å². The molecule has 0 aromatic carbocycles. The number of thioether (sulfide) groups is 1. The molecule has 0 aliphatic heterocycles. The molecule has 4 nitrogen and oxygen atoms in total. The molecular weight excluding hydrogens is 392 g/mol. The van der Waals surface area contributed by atoms with Gasteiger partial charge in [0.05, 0.1) is 3.79 Å². The van der Waals surface area contributed by atoms with E-state index in [4.69, 9.17) is 0 Å². The highest BCUT2D eigenvalue weighted by atomic mass is 79.9. The summed E-state index contributed by atoms with van der Waals surface area (Å²) in [5.41, 5.74) is 0. The highest BCUT2D eigenvalue weighted by Crippen LogP contribution is 2.33. The van der Waals surface area contributed by atoms with Crippen LogP contribution >= 0.6 is 39.0 Å². The normalized spacial score (nSPS) is 23.4. The molecule has 2 unspecified atom stereocenters. The molecule has 0 amide bonds. The van der Waals surface area contributed by atoms with Crippen LogP contribution in [0.4, 0.5) is 0 Å². The summed E-state index contributed by atoms with van der Waals surface area (Å²) in [7, 11) is -1.61. The fourth-order valence-corrected chi connectivity index (χ4v) is 7.65. The molecule has 1 aliphatic carbocycles. The third kappa shape index (κ3) is 4.45. The van der Waals surface area contributed by atoms with Crippen LogP contribution in [-0.2, 0) is 16.6 Å². The number of halogens is 1. The number of sulfonamides is 1. The second kappa shape index (κ2) is 7.79. The molecule has 0 spiro atoms. The number of rotatable bonds is 6. The van der Waals surface area contributed by atoms with E-state index >= 15 is 0 Å². The van der Waals surface area contributed by atoms with E-state index in [1.165, 1.54) is 17.8 Å². The number of nitrogens with one attached hydrogen (secondary N) is 2.